The average Bonchev–Trinajstić information content (AvgIpc) is 2.06. The maximum absolute atomic E-state index is 4.87. The van der Waals surface area contributed by atoms with Gasteiger partial charge in [0.1, 0.15) is 0 Å². The molecule has 1 aliphatic rings. The van der Waals surface area contributed by atoms with Crippen molar-refractivity contribution in [1.82, 2.24) is 5.32 Å². The molecule has 0 radical (unpaired) electrons. The summed E-state index contributed by atoms with van der Waals surface area (Å²) in [4.78, 5) is 7.64. The molecule has 5 nitrogen and oxygen atoms in total. The highest BCUT2D eigenvalue weighted by Crippen LogP contribution is 2.14. The molecular formula is C5H9N3O2. The zero-order valence-electron chi connectivity index (χ0n) is 5.87. The van der Waals surface area contributed by atoms with Crippen molar-refractivity contribution in [2.75, 3.05) is 14.2 Å². The SMILES string of the molecule is COC1(OC)N=CNC=N1. The van der Waals surface area contributed by atoms with Crippen LogP contribution in [0, 0.1) is 0 Å². The van der Waals surface area contributed by atoms with E-state index in [0.717, 1.165) is 0 Å². The van der Waals surface area contributed by atoms with E-state index in [1.807, 2.05) is 0 Å². The Morgan fingerprint density at radius 3 is 2.00 bits per heavy atom. The lowest BCUT2D eigenvalue weighted by atomic mass is 10.8. The summed E-state index contributed by atoms with van der Waals surface area (Å²) in [6.07, 6.45) is 2.92. The van der Waals surface area contributed by atoms with Crippen LogP contribution in [0.2, 0.25) is 0 Å². The monoisotopic (exact) mass is 143 g/mol. The Labute approximate surface area is 58.8 Å². The molecule has 1 rings (SSSR count). The van der Waals surface area contributed by atoms with E-state index >= 15 is 0 Å². The molecule has 56 valence electrons. The molecule has 0 amide bonds. The van der Waals surface area contributed by atoms with Crippen LogP contribution in [0.5, 0.6) is 0 Å². The molecule has 0 aliphatic carbocycles. The van der Waals surface area contributed by atoms with Crippen molar-refractivity contribution in [1.29, 1.82) is 0 Å². The van der Waals surface area contributed by atoms with Crippen LogP contribution >= 0.6 is 0 Å². The molecule has 5 heteroatoms. The molecule has 1 heterocycles. The van der Waals surface area contributed by atoms with Gasteiger partial charge in [0, 0.05) is 14.2 Å². The Morgan fingerprint density at radius 2 is 1.70 bits per heavy atom. The maximum Gasteiger partial charge on any atom is 0.381 e. The summed E-state index contributed by atoms with van der Waals surface area (Å²) in [5, 5.41) is 2.66. The number of ether oxygens (including phenoxy) is 2. The van der Waals surface area contributed by atoms with Crippen LogP contribution in [0.15, 0.2) is 9.98 Å². The third kappa shape index (κ3) is 1.14. The highest BCUT2D eigenvalue weighted by Gasteiger charge is 2.27. The van der Waals surface area contributed by atoms with Crippen LogP contribution in [0.1, 0.15) is 0 Å². The zero-order valence-corrected chi connectivity index (χ0v) is 5.87. The molecule has 0 unspecified atom stereocenters. The van der Waals surface area contributed by atoms with E-state index in [1.165, 1.54) is 26.9 Å². The Kier molecular flexibility index (Phi) is 1.98. The van der Waals surface area contributed by atoms with Crippen molar-refractivity contribution in [2.24, 2.45) is 9.98 Å². The maximum atomic E-state index is 4.87. The van der Waals surface area contributed by atoms with Gasteiger partial charge >= 0.3 is 6.03 Å². The van der Waals surface area contributed by atoms with Crippen molar-refractivity contribution >= 4 is 12.7 Å². The fraction of sp³-hybridized carbons (Fsp3) is 0.600. The first-order valence-corrected chi connectivity index (χ1v) is 2.77. The molecule has 0 aromatic heterocycles. The molecule has 0 bridgehead atoms. The lowest BCUT2D eigenvalue weighted by Gasteiger charge is -2.22. The molecule has 0 aromatic carbocycles. The number of methoxy groups -OCH3 is 2. The minimum Gasteiger partial charge on any atom is -0.337 e. The molecule has 0 aromatic rings. The molecule has 0 saturated carbocycles. The standard InChI is InChI=1S/C5H9N3O2/c1-9-5(10-2)7-3-6-4-8-5/h3-4H,1-2H3,(H,6,7,8). The third-order valence-electron chi connectivity index (χ3n) is 1.14. The number of nitrogens with one attached hydrogen (secondary N) is 1. The van der Waals surface area contributed by atoms with Gasteiger partial charge < -0.3 is 14.8 Å². The van der Waals surface area contributed by atoms with Crippen LogP contribution in [0.4, 0.5) is 0 Å². The van der Waals surface area contributed by atoms with Crippen LogP contribution in [-0.4, -0.2) is 32.9 Å². The summed E-state index contributed by atoms with van der Waals surface area (Å²) < 4.78 is 9.74. The van der Waals surface area contributed by atoms with E-state index in [4.69, 9.17) is 9.47 Å². The molecule has 10 heavy (non-hydrogen) atoms. The molecule has 0 spiro atoms. The Hall–Kier alpha value is -0.940. The number of rotatable bonds is 2. The topological polar surface area (TPSA) is 55.2 Å². The van der Waals surface area contributed by atoms with Gasteiger partial charge in [0.2, 0.25) is 0 Å². The third-order valence-corrected chi connectivity index (χ3v) is 1.14. The smallest absolute Gasteiger partial charge is 0.337 e. The van der Waals surface area contributed by atoms with E-state index in [-0.39, 0.29) is 0 Å². The van der Waals surface area contributed by atoms with Crippen LogP contribution in [0.3, 0.4) is 0 Å². The van der Waals surface area contributed by atoms with Crippen molar-refractivity contribution < 1.29 is 9.47 Å². The molecule has 0 atom stereocenters. The Balaban J connectivity index is 2.71. The second-order valence-corrected chi connectivity index (χ2v) is 1.64. The van der Waals surface area contributed by atoms with Gasteiger partial charge in [0.25, 0.3) is 0 Å². The quantitative estimate of drug-likeness (QED) is 0.533. The Bertz CT molecular complexity index is 148. The number of nitrogens with zero attached hydrogens (tertiary/aromatic N) is 2. The van der Waals surface area contributed by atoms with Gasteiger partial charge in [-0.3, -0.25) is 0 Å². The minimum atomic E-state index is -1.16. The van der Waals surface area contributed by atoms with Gasteiger partial charge in [-0.1, -0.05) is 0 Å². The normalized spacial score (nSPS) is 20.6. The van der Waals surface area contributed by atoms with Gasteiger partial charge in [-0.05, 0) is 0 Å². The van der Waals surface area contributed by atoms with Gasteiger partial charge in [-0.25, -0.2) is 0 Å². The van der Waals surface area contributed by atoms with Gasteiger partial charge in [0.05, 0.1) is 12.7 Å². The molecule has 1 N–H and O–H groups in total. The van der Waals surface area contributed by atoms with E-state index in [0.29, 0.717) is 0 Å². The zero-order chi connectivity index (χ0) is 7.45. The fourth-order valence-electron chi connectivity index (χ4n) is 0.598. The summed E-state index contributed by atoms with van der Waals surface area (Å²) >= 11 is 0. The van der Waals surface area contributed by atoms with E-state index < -0.39 is 6.03 Å². The predicted molar refractivity (Wildman–Crippen MR) is 36.9 cm³/mol. The van der Waals surface area contributed by atoms with Crippen molar-refractivity contribution in [3.8, 4) is 0 Å². The van der Waals surface area contributed by atoms with Crippen LogP contribution < -0.4 is 5.32 Å². The first kappa shape index (κ1) is 7.17. The summed E-state index contributed by atoms with van der Waals surface area (Å²) in [5.41, 5.74) is 0. The van der Waals surface area contributed by atoms with Gasteiger partial charge in [0.15, 0.2) is 0 Å². The van der Waals surface area contributed by atoms with E-state index in [9.17, 15) is 0 Å². The first-order chi connectivity index (χ1) is 4.83. The van der Waals surface area contributed by atoms with E-state index in [1.54, 1.807) is 0 Å². The number of hydrogen-bond acceptors (Lipinski definition) is 5. The second kappa shape index (κ2) is 2.76. The van der Waals surface area contributed by atoms with E-state index in [2.05, 4.69) is 15.3 Å². The summed E-state index contributed by atoms with van der Waals surface area (Å²) in [7, 11) is 2.95. The molecule has 1 aliphatic heterocycles. The average molecular weight is 143 g/mol. The van der Waals surface area contributed by atoms with Gasteiger partial charge in [-0.2, -0.15) is 9.98 Å². The largest absolute Gasteiger partial charge is 0.381 e. The second-order valence-electron chi connectivity index (χ2n) is 1.64. The Morgan fingerprint density at radius 1 is 1.20 bits per heavy atom. The first-order valence-electron chi connectivity index (χ1n) is 2.77. The fourth-order valence-corrected chi connectivity index (χ4v) is 0.598. The predicted octanol–water partition coefficient (Wildman–Crippen LogP) is -0.450. The highest BCUT2D eigenvalue weighted by molar-refractivity contribution is 5.76. The van der Waals surface area contributed by atoms with Crippen LogP contribution in [-0.2, 0) is 9.47 Å². The van der Waals surface area contributed by atoms with Crippen molar-refractivity contribution in [3.05, 3.63) is 0 Å². The van der Waals surface area contributed by atoms with Crippen molar-refractivity contribution in [3.63, 3.8) is 0 Å². The lowest BCUT2D eigenvalue weighted by molar-refractivity contribution is -0.193. The summed E-state index contributed by atoms with van der Waals surface area (Å²) in [5.74, 6) is 0. The lowest BCUT2D eigenvalue weighted by Crippen LogP contribution is -2.34. The van der Waals surface area contributed by atoms with Crippen LogP contribution in [0.25, 0.3) is 0 Å². The van der Waals surface area contributed by atoms with Crippen molar-refractivity contribution in [2.45, 2.75) is 6.03 Å². The minimum absolute atomic E-state index is 1.16. The highest BCUT2D eigenvalue weighted by atomic mass is 16.7. The molecule has 0 fully saturated rings. The number of hydrogen-bond donors (Lipinski definition) is 1. The van der Waals surface area contributed by atoms with Gasteiger partial charge in [-0.15, -0.1) is 0 Å². The molecule has 0 saturated heterocycles. The molecular weight excluding hydrogens is 134 g/mol. The number of aliphatic imine (C=N–C) groups is 2. The summed E-state index contributed by atoms with van der Waals surface area (Å²) in [6.45, 7) is 0. The summed E-state index contributed by atoms with van der Waals surface area (Å²) in [6, 6.07) is -1.16.